The summed E-state index contributed by atoms with van der Waals surface area (Å²) in [5.74, 6) is 7.05. The van der Waals surface area contributed by atoms with Crippen LogP contribution in [0.2, 0.25) is 0 Å². The third-order valence-electron chi connectivity index (χ3n) is 6.42. The molecule has 4 aromatic rings. The lowest BCUT2D eigenvalue weighted by Gasteiger charge is -2.12. The molecule has 0 unspecified atom stereocenters. The number of aryl methyl sites for hydroxylation is 1. The lowest BCUT2D eigenvalue weighted by molar-refractivity contribution is 0.306. The topological polar surface area (TPSA) is 80.5 Å². The van der Waals surface area contributed by atoms with Crippen LogP contribution >= 0.6 is 24.8 Å². The molecule has 0 spiro atoms. The quantitative estimate of drug-likeness (QED) is 0.207. The van der Waals surface area contributed by atoms with Gasteiger partial charge < -0.3 is 4.74 Å². The summed E-state index contributed by atoms with van der Waals surface area (Å²) in [7, 11) is -3.39. The van der Waals surface area contributed by atoms with Crippen LogP contribution in [0.4, 0.5) is 0 Å². The van der Waals surface area contributed by atoms with Gasteiger partial charge in [0.25, 0.3) is 0 Å². The van der Waals surface area contributed by atoms with E-state index in [-0.39, 0.29) is 19.4 Å². The van der Waals surface area contributed by atoms with Crippen molar-refractivity contribution in [3.8, 4) is 28.7 Å². The third kappa shape index (κ3) is 6.41. The van der Waals surface area contributed by atoms with Crippen LogP contribution < -0.4 is 4.74 Å². The Morgan fingerprint density at radius 3 is 2.51 bits per heavy atom. The summed E-state index contributed by atoms with van der Waals surface area (Å²) in [6.45, 7) is 4.74. The Hall–Kier alpha value is -3.45. The van der Waals surface area contributed by atoms with Crippen LogP contribution in [0.5, 0.6) is 5.75 Å². The summed E-state index contributed by atoms with van der Waals surface area (Å²) >= 11 is 1.32. The Kier molecular flexibility index (Phi) is 8.90. The van der Waals surface area contributed by atoms with Crippen molar-refractivity contribution in [1.29, 1.82) is 0 Å². The average molecular weight is 576 g/mol. The lowest BCUT2D eigenvalue weighted by atomic mass is 9.94. The largest absolute Gasteiger partial charge is 0.489 e. The van der Waals surface area contributed by atoms with Crippen molar-refractivity contribution < 1.29 is 13.2 Å². The first-order valence-electron chi connectivity index (χ1n) is 12.2. The second-order valence-corrected chi connectivity index (χ2v) is 12.5. The molecular weight excluding hydrogens is 547 g/mol. The molecule has 0 fully saturated rings. The second-order valence-electron chi connectivity index (χ2n) is 9.25. The molecule has 39 heavy (non-hydrogen) atoms. The third-order valence-corrected chi connectivity index (χ3v) is 9.42. The number of nitrogens with zero attached hydrogens (tertiary/aromatic N) is 3. The predicted octanol–water partition coefficient (Wildman–Crippen LogP) is 7.29. The zero-order chi connectivity index (χ0) is 26.7. The van der Waals surface area contributed by atoms with Gasteiger partial charge >= 0.3 is 0 Å². The Balaban J connectivity index is 0.00000353. The van der Waals surface area contributed by atoms with Crippen molar-refractivity contribution in [2.24, 2.45) is 15.4 Å². The van der Waals surface area contributed by atoms with Crippen LogP contribution in [0.15, 0.2) is 86.4 Å². The van der Waals surface area contributed by atoms with E-state index in [1.54, 1.807) is 0 Å². The molecular formula is C30H29N3O3S3. The van der Waals surface area contributed by atoms with Crippen molar-refractivity contribution in [3.63, 3.8) is 0 Å². The summed E-state index contributed by atoms with van der Waals surface area (Å²) in [6.07, 6.45) is 1.98. The van der Waals surface area contributed by atoms with Gasteiger partial charge in [0.05, 0.1) is 11.6 Å². The van der Waals surface area contributed by atoms with E-state index in [4.69, 9.17) is 4.74 Å². The summed E-state index contributed by atoms with van der Waals surface area (Å²) in [4.78, 5) is 0. The van der Waals surface area contributed by atoms with Gasteiger partial charge in [0, 0.05) is 28.3 Å². The van der Waals surface area contributed by atoms with Gasteiger partial charge in [-0.2, -0.15) is 18.6 Å². The molecule has 1 aliphatic heterocycles. The van der Waals surface area contributed by atoms with Gasteiger partial charge in [-0.3, -0.25) is 0 Å². The molecule has 200 valence electrons. The molecule has 1 aliphatic rings. The maximum absolute atomic E-state index is 12.7. The monoisotopic (exact) mass is 575 g/mol. The smallest absolute Gasteiger partial charge is 0.185 e. The summed E-state index contributed by atoms with van der Waals surface area (Å²) in [5, 5.41) is 12.6. The molecule has 5 rings (SSSR count). The van der Waals surface area contributed by atoms with Gasteiger partial charge in [0.2, 0.25) is 0 Å². The number of hydrogen-bond acceptors (Lipinski definition) is 7. The number of hydrogen-bond donors (Lipinski definition) is 0. The normalized spacial score (nSPS) is 13.4. The van der Waals surface area contributed by atoms with Crippen molar-refractivity contribution >= 4 is 50.5 Å². The van der Waals surface area contributed by atoms with Crippen LogP contribution in [0, 0.1) is 18.8 Å². The van der Waals surface area contributed by atoms with Crippen LogP contribution in [0.25, 0.3) is 21.2 Å². The first-order chi connectivity index (χ1) is 18.3. The summed E-state index contributed by atoms with van der Waals surface area (Å²) < 4.78 is 32.8. The standard InChI is InChI=1S/C30H27N3O3S2.H2S/c1-4-7-23(17-24-18-31-33-32-24)22-11-13-25(14-12-22)36-19-21-10-15-28-27(16-21)29(30(37-28)38(3,34)35)26-9-6-5-8-20(26)2;/h5-6,8-16,23H,17-19H2,1-3H3;1H2/t23-;/m0./s1. The minimum Gasteiger partial charge on any atom is -0.489 e. The van der Waals surface area contributed by atoms with Gasteiger partial charge in [-0.15, -0.1) is 22.4 Å². The molecule has 1 aromatic heterocycles. The fraction of sp³-hybridized carbons (Fsp3) is 0.233. The maximum atomic E-state index is 12.7. The van der Waals surface area contributed by atoms with Gasteiger partial charge in [-0.05, 0) is 65.6 Å². The Bertz CT molecular complexity index is 1730. The molecule has 1 atom stereocenters. The number of benzene rings is 3. The molecule has 0 amide bonds. The molecule has 0 saturated heterocycles. The Morgan fingerprint density at radius 1 is 1.08 bits per heavy atom. The van der Waals surface area contributed by atoms with Crippen LogP contribution in [-0.2, 0) is 16.4 Å². The minimum atomic E-state index is -3.39. The van der Waals surface area contributed by atoms with E-state index in [2.05, 4.69) is 27.3 Å². The lowest BCUT2D eigenvalue weighted by Crippen LogP contribution is -2.07. The van der Waals surface area contributed by atoms with Crippen molar-refractivity contribution in [2.75, 3.05) is 12.8 Å². The average Bonchev–Trinajstić information content (AvgIpc) is 3.55. The van der Waals surface area contributed by atoms with Crippen LogP contribution in [0.1, 0.15) is 36.0 Å². The maximum Gasteiger partial charge on any atom is 0.185 e. The molecule has 0 bridgehead atoms. The molecule has 0 N–H and O–H groups in total. The highest BCUT2D eigenvalue weighted by Gasteiger charge is 2.23. The zero-order valence-corrected chi connectivity index (χ0v) is 24.6. The fourth-order valence-corrected chi connectivity index (χ4v) is 6.95. The van der Waals surface area contributed by atoms with E-state index < -0.39 is 9.84 Å². The summed E-state index contributed by atoms with van der Waals surface area (Å²) in [6, 6.07) is 21.9. The van der Waals surface area contributed by atoms with Gasteiger partial charge in [-0.1, -0.05) is 48.4 Å². The molecule has 6 nitrogen and oxygen atoms in total. The van der Waals surface area contributed by atoms with Crippen LogP contribution in [-0.4, -0.2) is 26.9 Å². The highest BCUT2D eigenvalue weighted by atomic mass is 32.2. The SMILES string of the molecule is CC#C[C@@H](CC1=NN=NC1)c1ccc(OCc2ccc3sc(S(C)(=O)=O)c(-c4ccccc4C)c3c2)cc1.S. The first-order valence-corrected chi connectivity index (χ1v) is 14.9. The molecule has 0 saturated carbocycles. The number of sulfone groups is 1. The van der Waals surface area contributed by atoms with E-state index >= 15 is 0 Å². The molecule has 2 heterocycles. The molecule has 0 aliphatic carbocycles. The first kappa shape index (κ1) is 28.6. The van der Waals surface area contributed by atoms with Crippen molar-refractivity contribution in [2.45, 2.75) is 37.0 Å². The molecule has 0 radical (unpaired) electrons. The number of fused-ring (bicyclic) bond motifs is 1. The highest BCUT2D eigenvalue weighted by molar-refractivity contribution is 7.93. The second kappa shape index (κ2) is 12.2. The van der Waals surface area contributed by atoms with Gasteiger partial charge in [0.15, 0.2) is 9.84 Å². The minimum absolute atomic E-state index is 0. The number of rotatable bonds is 8. The van der Waals surface area contributed by atoms with E-state index in [9.17, 15) is 8.42 Å². The fourth-order valence-electron chi connectivity index (χ4n) is 4.55. The van der Waals surface area contributed by atoms with E-state index in [0.29, 0.717) is 23.8 Å². The highest BCUT2D eigenvalue weighted by Crippen LogP contribution is 2.43. The zero-order valence-electron chi connectivity index (χ0n) is 21.9. The Morgan fingerprint density at radius 2 is 1.85 bits per heavy atom. The molecule has 3 aromatic carbocycles. The molecule has 9 heteroatoms. The van der Waals surface area contributed by atoms with Gasteiger partial charge in [-0.25, -0.2) is 8.42 Å². The number of thiophene rings is 1. The van der Waals surface area contributed by atoms with E-state index in [1.165, 1.54) is 17.6 Å². The summed E-state index contributed by atoms with van der Waals surface area (Å²) in [5.41, 5.74) is 5.74. The van der Waals surface area contributed by atoms with E-state index in [1.807, 2.05) is 80.6 Å². The van der Waals surface area contributed by atoms with Gasteiger partial charge in [0.1, 0.15) is 23.1 Å². The van der Waals surface area contributed by atoms with Crippen LogP contribution in [0.3, 0.4) is 0 Å². The van der Waals surface area contributed by atoms with E-state index in [0.717, 1.165) is 49.4 Å². The predicted molar refractivity (Wildman–Crippen MR) is 164 cm³/mol. The Labute approximate surface area is 240 Å². The van der Waals surface area contributed by atoms with Crippen molar-refractivity contribution in [3.05, 3.63) is 83.4 Å². The number of ether oxygens (including phenoxy) is 1. The van der Waals surface area contributed by atoms with Crippen molar-refractivity contribution in [1.82, 2.24) is 0 Å².